The first kappa shape index (κ1) is 14.2. The summed E-state index contributed by atoms with van der Waals surface area (Å²) in [5.41, 5.74) is 6.15. The second kappa shape index (κ2) is 6.28. The standard InChI is InChI=1S/C14H12FN3OS/c1-9-17-13(8-20-9)14(19)18-11-5-4-10(3-2-6-16)12(15)7-11/h4-5,7-8H,6,16H2,1H3,(H,18,19). The Morgan fingerprint density at radius 2 is 2.35 bits per heavy atom. The number of aryl methyl sites for hydroxylation is 1. The highest BCUT2D eigenvalue weighted by atomic mass is 32.1. The number of benzene rings is 1. The molecule has 0 saturated heterocycles. The molecule has 0 spiro atoms. The van der Waals surface area contributed by atoms with Crippen molar-refractivity contribution in [1.29, 1.82) is 0 Å². The molecule has 20 heavy (non-hydrogen) atoms. The summed E-state index contributed by atoms with van der Waals surface area (Å²) in [6, 6.07) is 4.30. The van der Waals surface area contributed by atoms with Crippen molar-refractivity contribution in [3.05, 3.63) is 45.7 Å². The van der Waals surface area contributed by atoms with Crippen molar-refractivity contribution >= 4 is 22.9 Å². The van der Waals surface area contributed by atoms with Gasteiger partial charge in [0.15, 0.2) is 0 Å². The molecule has 0 unspecified atom stereocenters. The lowest BCUT2D eigenvalue weighted by atomic mass is 10.2. The molecule has 6 heteroatoms. The molecule has 0 fully saturated rings. The van der Waals surface area contributed by atoms with Gasteiger partial charge < -0.3 is 11.1 Å². The fourth-order valence-corrected chi connectivity index (χ4v) is 2.10. The molecule has 1 heterocycles. The number of nitrogens with one attached hydrogen (secondary N) is 1. The summed E-state index contributed by atoms with van der Waals surface area (Å²) in [7, 11) is 0. The number of hydrogen-bond acceptors (Lipinski definition) is 4. The topological polar surface area (TPSA) is 68.0 Å². The molecule has 0 aliphatic rings. The number of amides is 1. The van der Waals surface area contributed by atoms with Crippen LogP contribution in [0.3, 0.4) is 0 Å². The van der Waals surface area contributed by atoms with Crippen molar-refractivity contribution in [2.45, 2.75) is 6.92 Å². The normalized spacial score (nSPS) is 9.75. The maximum Gasteiger partial charge on any atom is 0.275 e. The Balaban J connectivity index is 2.14. The Bertz CT molecular complexity index is 700. The Kier molecular flexibility index (Phi) is 4.45. The van der Waals surface area contributed by atoms with E-state index in [1.165, 1.54) is 23.5 Å². The van der Waals surface area contributed by atoms with E-state index >= 15 is 0 Å². The average molecular weight is 289 g/mol. The van der Waals surface area contributed by atoms with Gasteiger partial charge >= 0.3 is 0 Å². The highest BCUT2D eigenvalue weighted by Gasteiger charge is 2.10. The van der Waals surface area contributed by atoms with E-state index in [1.807, 2.05) is 6.92 Å². The van der Waals surface area contributed by atoms with Gasteiger partial charge in [0.05, 0.1) is 17.1 Å². The van der Waals surface area contributed by atoms with Crippen LogP contribution in [-0.2, 0) is 0 Å². The van der Waals surface area contributed by atoms with Crippen LogP contribution in [0.15, 0.2) is 23.6 Å². The zero-order valence-corrected chi connectivity index (χ0v) is 11.6. The number of nitrogens with zero attached hydrogens (tertiary/aromatic N) is 1. The van der Waals surface area contributed by atoms with E-state index in [9.17, 15) is 9.18 Å². The van der Waals surface area contributed by atoms with Gasteiger partial charge in [0.25, 0.3) is 5.91 Å². The fourth-order valence-electron chi connectivity index (χ4n) is 1.50. The SMILES string of the molecule is Cc1nc(C(=O)Nc2ccc(C#CCN)c(F)c2)cs1. The summed E-state index contributed by atoms with van der Waals surface area (Å²) >= 11 is 1.38. The van der Waals surface area contributed by atoms with Crippen molar-refractivity contribution in [3.63, 3.8) is 0 Å². The third-order valence-electron chi connectivity index (χ3n) is 2.40. The van der Waals surface area contributed by atoms with Crippen LogP contribution >= 0.6 is 11.3 Å². The highest BCUT2D eigenvalue weighted by Crippen LogP contribution is 2.15. The summed E-state index contributed by atoms with van der Waals surface area (Å²) in [6.45, 7) is 1.98. The number of thiazole rings is 1. The van der Waals surface area contributed by atoms with E-state index in [0.29, 0.717) is 11.4 Å². The summed E-state index contributed by atoms with van der Waals surface area (Å²) in [5.74, 6) is 4.32. The molecular weight excluding hydrogens is 277 g/mol. The molecular formula is C14H12FN3OS. The van der Waals surface area contributed by atoms with Crippen LogP contribution in [0, 0.1) is 24.6 Å². The predicted octanol–water partition coefficient (Wildman–Crippen LogP) is 2.15. The second-order valence-corrected chi connectivity index (χ2v) is 4.97. The number of halogens is 1. The number of anilines is 1. The van der Waals surface area contributed by atoms with Crippen molar-refractivity contribution in [2.75, 3.05) is 11.9 Å². The minimum atomic E-state index is -0.502. The van der Waals surface area contributed by atoms with Crippen LogP contribution < -0.4 is 11.1 Å². The second-order valence-electron chi connectivity index (χ2n) is 3.91. The minimum Gasteiger partial charge on any atom is -0.321 e. The number of carbonyl (C=O) groups is 1. The molecule has 0 saturated carbocycles. The molecule has 0 radical (unpaired) electrons. The lowest BCUT2D eigenvalue weighted by Gasteiger charge is -2.04. The van der Waals surface area contributed by atoms with E-state index < -0.39 is 5.82 Å². The molecule has 0 atom stereocenters. The van der Waals surface area contributed by atoms with E-state index in [2.05, 4.69) is 22.1 Å². The van der Waals surface area contributed by atoms with Crippen molar-refractivity contribution in [2.24, 2.45) is 5.73 Å². The number of nitrogens with two attached hydrogens (primary N) is 1. The van der Waals surface area contributed by atoms with Crippen LogP contribution in [0.2, 0.25) is 0 Å². The van der Waals surface area contributed by atoms with Crippen LogP contribution in [0.25, 0.3) is 0 Å². The number of carbonyl (C=O) groups excluding carboxylic acids is 1. The molecule has 102 valence electrons. The van der Waals surface area contributed by atoms with Gasteiger partial charge in [-0.25, -0.2) is 9.37 Å². The van der Waals surface area contributed by atoms with E-state index in [4.69, 9.17) is 5.73 Å². The molecule has 0 aliphatic heterocycles. The number of rotatable bonds is 2. The third kappa shape index (κ3) is 3.41. The molecule has 1 aromatic carbocycles. The molecule has 0 aliphatic carbocycles. The highest BCUT2D eigenvalue weighted by molar-refractivity contribution is 7.09. The summed E-state index contributed by atoms with van der Waals surface area (Å²) in [5, 5.41) is 5.04. The summed E-state index contributed by atoms with van der Waals surface area (Å²) in [6.07, 6.45) is 0. The van der Waals surface area contributed by atoms with Gasteiger partial charge in [-0.3, -0.25) is 4.79 Å². The van der Waals surface area contributed by atoms with Gasteiger partial charge in [0.1, 0.15) is 11.5 Å². The molecule has 1 aromatic heterocycles. The molecule has 2 aromatic rings. The smallest absolute Gasteiger partial charge is 0.275 e. The van der Waals surface area contributed by atoms with Crippen LogP contribution in [0.1, 0.15) is 21.1 Å². The molecule has 4 nitrogen and oxygen atoms in total. The quantitative estimate of drug-likeness (QED) is 0.832. The lowest BCUT2D eigenvalue weighted by Crippen LogP contribution is -2.12. The zero-order chi connectivity index (χ0) is 14.5. The van der Waals surface area contributed by atoms with Gasteiger partial charge in [0.2, 0.25) is 0 Å². The first-order valence-electron chi connectivity index (χ1n) is 5.82. The van der Waals surface area contributed by atoms with Gasteiger partial charge in [-0.2, -0.15) is 0 Å². The third-order valence-corrected chi connectivity index (χ3v) is 3.18. The van der Waals surface area contributed by atoms with Crippen molar-refractivity contribution in [3.8, 4) is 11.8 Å². The lowest BCUT2D eigenvalue weighted by molar-refractivity contribution is 0.102. The Hall–Kier alpha value is -2.23. The number of aromatic nitrogens is 1. The maximum absolute atomic E-state index is 13.7. The molecule has 1 amide bonds. The minimum absolute atomic E-state index is 0.168. The predicted molar refractivity (Wildman–Crippen MR) is 77.1 cm³/mol. The Labute approximate surface area is 119 Å². The van der Waals surface area contributed by atoms with Crippen LogP contribution in [-0.4, -0.2) is 17.4 Å². The summed E-state index contributed by atoms with van der Waals surface area (Å²) < 4.78 is 13.7. The number of hydrogen-bond donors (Lipinski definition) is 2. The van der Waals surface area contributed by atoms with Crippen LogP contribution in [0.4, 0.5) is 10.1 Å². The monoisotopic (exact) mass is 289 g/mol. The van der Waals surface area contributed by atoms with E-state index in [0.717, 1.165) is 5.01 Å². The van der Waals surface area contributed by atoms with Gasteiger partial charge in [0, 0.05) is 11.1 Å². The first-order chi connectivity index (χ1) is 9.60. The van der Waals surface area contributed by atoms with Crippen molar-refractivity contribution in [1.82, 2.24) is 4.98 Å². The molecule has 3 N–H and O–H groups in total. The maximum atomic E-state index is 13.7. The largest absolute Gasteiger partial charge is 0.321 e. The Morgan fingerprint density at radius 3 is 2.95 bits per heavy atom. The Morgan fingerprint density at radius 1 is 1.55 bits per heavy atom. The van der Waals surface area contributed by atoms with E-state index in [1.54, 1.807) is 11.4 Å². The fraction of sp³-hybridized carbons (Fsp3) is 0.143. The average Bonchev–Trinajstić information content (AvgIpc) is 2.85. The van der Waals surface area contributed by atoms with Gasteiger partial charge in [-0.1, -0.05) is 11.8 Å². The molecule has 2 rings (SSSR count). The van der Waals surface area contributed by atoms with Gasteiger partial charge in [-0.15, -0.1) is 11.3 Å². The van der Waals surface area contributed by atoms with Crippen LogP contribution in [0.5, 0.6) is 0 Å². The van der Waals surface area contributed by atoms with E-state index in [-0.39, 0.29) is 18.0 Å². The zero-order valence-electron chi connectivity index (χ0n) is 10.7. The summed E-state index contributed by atoms with van der Waals surface area (Å²) in [4.78, 5) is 15.9. The first-order valence-corrected chi connectivity index (χ1v) is 6.70. The molecule has 0 bridgehead atoms. The van der Waals surface area contributed by atoms with Crippen molar-refractivity contribution < 1.29 is 9.18 Å². The van der Waals surface area contributed by atoms with Gasteiger partial charge in [-0.05, 0) is 25.1 Å².